The monoisotopic (exact) mass is 282 g/mol. The van der Waals surface area contributed by atoms with E-state index in [9.17, 15) is 9.59 Å². The number of carbonyl (C=O) groups excluding carboxylic acids is 1. The van der Waals surface area contributed by atoms with Gasteiger partial charge in [-0.1, -0.05) is 23.7 Å². The number of amides is 1. The molecule has 1 amide bonds. The van der Waals surface area contributed by atoms with Crippen LogP contribution >= 0.6 is 11.6 Å². The molecule has 1 aromatic carbocycles. The summed E-state index contributed by atoms with van der Waals surface area (Å²) in [5.74, 6) is -1.04. The molecule has 1 saturated heterocycles. The van der Waals surface area contributed by atoms with Gasteiger partial charge in [-0.05, 0) is 25.6 Å². The summed E-state index contributed by atoms with van der Waals surface area (Å²) in [6, 6.07) is 6.76. The van der Waals surface area contributed by atoms with Gasteiger partial charge in [0.15, 0.2) is 0 Å². The fraction of sp³-hybridized carbons (Fsp3) is 0.385. The highest BCUT2D eigenvalue weighted by Crippen LogP contribution is 2.30. The molecule has 1 N–H and O–H groups in total. The summed E-state index contributed by atoms with van der Waals surface area (Å²) >= 11 is 6.08. The molecule has 1 heterocycles. The van der Waals surface area contributed by atoms with Crippen molar-refractivity contribution in [2.24, 2.45) is 0 Å². The first-order chi connectivity index (χ1) is 9.00. The van der Waals surface area contributed by atoms with Gasteiger partial charge in [-0.2, -0.15) is 0 Å². The van der Waals surface area contributed by atoms with Gasteiger partial charge in [-0.25, -0.2) is 0 Å². The minimum atomic E-state index is -0.938. The fourth-order valence-corrected chi connectivity index (χ4v) is 2.54. The van der Waals surface area contributed by atoms with E-state index in [1.165, 1.54) is 0 Å². The molecule has 0 aliphatic carbocycles. The van der Waals surface area contributed by atoms with Crippen LogP contribution in [0.1, 0.15) is 6.42 Å². The van der Waals surface area contributed by atoms with Crippen LogP contribution in [0.15, 0.2) is 24.3 Å². The van der Waals surface area contributed by atoms with E-state index in [-0.39, 0.29) is 12.5 Å². The Morgan fingerprint density at radius 3 is 2.84 bits per heavy atom. The number of para-hydroxylation sites is 1. The first-order valence-electron chi connectivity index (χ1n) is 5.98. The highest BCUT2D eigenvalue weighted by molar-refractivity contribution is 6.33. The van der Waals surface area contributed by atoms with Crippen molar-refractivity contribution in [3.63, 3.8) is 0 Å². The van der Waals surface area contributed by atoms with Crippen LogP contribution in [0.4, 0.5) is 5.69 Å². The van der Waals surface area contributed by atoms with Gasteiger partial charge in [0.2, 0.25) is 5.91 Å². The van der Waals surface area contributed by atoms with E-state index in [0.717, 1.165) is 0 Å². The Morgan fingerprint density at radius 2 is 2.21 bits per heavy atom. The molecule has 2 rings (SSSR count). The van der Waals surface area contributed by atoms with E-state index in [1.807, 2.05) is 6.07 Å². The molecule has 6 heteroatoms. The summed E-state index contributed by atoms with van der Waals surface area (Å²) in [6.07, 6.45) is 0.605. The molecule has 1 aliphatic heterocycles. The van der Waals surface area contributed by atoms with Crippen molar-refractivity contribution in [2.45, 2.75) is 12.5 Å². The predicted octanol–water partition coefficient (Wildman–Crippen LogP) is 1.46. The third-order valence-electron chi connectivity index (χ3n) is 3.24. The van der Waals surface area contributed by atoms with E-state index < -0.39 is 12.0 Å². The molecule has 1 aliphatic rings. The van der Waals surface area contributed by atoms with Crippen LogP contribution in [0.25, 0.3) is 0 Å². The topological polar surface area (TPSA) is 60.9 Å². The van der Waals surface area contributed by atoms with Crippen LogP contribution < -0.4 is 4.90 Å². The number of likely N-dealkylation sites (N-methyl/N-ethyl adjacent to an activating group) is 1. The molecule has 102 valence electrons. The molecule has 1 atom stereocenters. The number of carboxylic acid groups (broad SMARTS) is 1. The smallest absolute Gasteiger partial charge is 0.317 e. The Bertz CT molecular complexity index is 506. The summed E-state index contributed by atoms with van der Waals surface area (Å²) in [5, 5.41) is 9.30. The van der Waals surface area contributed by atoms with E-state index >= 15 is 0 Å². The molecular weight excluding hydrogens is 268 g/mol. The van der Waals surface area contributed by atoms with E-state index in [0.29, 0.717) is 23.7 Å². The number of hydrogen-bond acceptors (Lipinski definition) is 3. The van der Waals surface area contributed by atoms with Crippen molar-refractivity contribution in [1.29, 1.82) is 0 Å². The maximum atomic E-state index is 12.3. The Balaban J connectivity index is 2.14. The molecular formula is C13H15ClN2O3. The van der Waals surface area contributed by atoms with Gasteiger partial charge in [-0.3, -0.25) is 14.5 Å². The molecule has 19 heavy (non-hydrogen) atoms. The lowest BCUT2D eigenvalue weighted by atomic mass is 10.2. The largest absolute Gasteiger partial charge is 0.480 e. The molecule has 1 aromatic rings. The van der Waals surface area contributed by atoms with E-state index in [4.69, 9.17) is 16.7 Å². The van der Waals surface area contributed by atoms with Gasteiger partial charge in [0.1, 0.15) is 0 Å². The van der Waals surface area contributed by atoms with Crippen molar-refractivity contribution in [3.8, 4) is 0 Å². The van der Waals surface area contributed by atoms with Crippen molar-refractivity contribution in [1.82, 2.24) is 4.90 Å². The van der Waals surface area contributed by atoms with Crippen LogP contribution in [0, 0.1) is 0 Å². The second-order valence-electron chi connectivity index (χ2n) is 4.55. The number of nitrogens with zero attached hydrogens (tertiary/aromatic N) is 2. The van der Waals surface area contributed by atoms with Gasteiger partial charge >= 0.3 is 5.97 Å². The zero-order valence-electron chi connectivity index (χ0n) is 10.5. The van der Waals surface area contributed by atoms with E-state index in [2.05, 4.69) is 0 Å². The van der Waals surface area contributed by atoms with Crippen molar-refractivity contribution in [3.05, 3.63) is 29.3 Å². The number of aliphatic carboxylic acids is 1. The maximum absolute atomic E-state index is 12.3. The highest BCUT2D eigenvalue weighted by Gasteiger charge is 2.36. The van der Waals surface area contributed by atoms with Crippen LogP contribution in [0.5, 0.6) is 0 Å². The summed E-state index contributed by atoms with van der Waals surface area (Å²) in [4.78, 5) is 26.2. The van der Waals surface area contributed by atoms with Gasteiger partial charge < -0.3 is 10.0 Å². The predicted molar refractivity (Wildman–Crippen MR) is 72.5 cm³/mol. The molecule has 5 nitrogen and oxygen atoms in total. The molecule has 0 saturated carbocycles. The molecule has 0 bridgehead atoms. The Labute approximate surface area is 116 Å². The Kier molecular flexibility index (Phi) is 4.07. The molecule has 0 radical (unpaired) electrons. The van der Waals surface area contributed by atoms with Crippen molar-refractivity contribution < 1.29 is 14.7 Å². The zero-order valence-corrected chi connectivity index (χ0v) is 11.3. The molecule has 0 aromatic heterocycles. The summed E-state index contributed by atoms with van der Waals surface area (Å²) in [5.41, 5.74) is 0.681. The number of carboxylic acids is 1. The van der Waals surface area contributed by atoms with Gasteiger partial charge in [0.05, 0.1) is 23.3 Å². The third kappa shape index (κ3) is 2.88. The molecule has 1 unspecified atom stereocenters. The van der Waals surface area contributed by atoms with Gasteiger partial charge in [0, 0.05) is 6.54 Å². The number of halogens is 1. The lowest BCUT2D eigenvalue weighted by Gasteiger charge is -2.22. The second-order valence-corrected chi connectivity index (χ2v) is 4.96. The first-order valence-corrected chi connectivity index (χ1v) is 6.36. The quantitative estimate of drug-likeness (QED) is 0.908. The van der Waals surface area contributed by atoms with Crippen molar-refractivity contribution >= 4 is 29.2 Å². The van der Waals surface area contributed by atoms with Crippen LogP contribution in [0.2, 0.25) is 5.02 Å². The highest BCUT2D eigenvalue weighted by atomic mass is 35.5. The normalized spacial score (nSPS) is 19.2. The second kappa shape index (κ2) is 5.59. The summed E-state index contributed by atoms with van der Waals surface area (Å²) < 4.78 is 0. The summed E-state index contributed by atoms with van der Waals surface area (Å²) in [6.45, 7) is 0.407. The van der Waals surface area contributed by atoms with Gasteiger partial charge in [0.25, 0.3) is 0 Å². The van der Waals surface area contributed by atoms with Crippen LogP contribution in [0.3, 0.4) is 0 Å². The maximum Gasteiger partial charge on any atom is 0.317 e. The Morgan fingerprint density at radius 1 is 1.53 bits per heavy atom. The first kappa shape index (κ1) is 13.8. The van der Waals surface area contributed by atoms with E-state index in [1.54, 1.807) is 35.0 Å². The average Bonchev–Trinajstić information content (AvgIpc) is 2.71. The third-order valence-corrected chi connectivity index (χ3v) is 3.56. The lowest BCUT2D eigenvalue weighted by molar-refractivity contribution is -0.138. The number of hydrogen-bond donors (Lipinski definition) is 1. The van der Waals surface area contributed by atoms with Crippen molar-refractivity contribution in [2.75, 3.05) is 25.0 Å². The van der Waals surface area contributed by atoms with Crippen LogP contribution in [-0.2, 0) is 9.59 Å². The minimum Gasteiger partial charge on any atom is -0.480 e. The minimum absolute atomic E-state index is 0.100. The SMILES string of the molecule is CN(CC(=O)O)C1CCN(c2ccccc2Cl)C1=O. The van der Waals surface area contributed by atoms with Gasteiger partial charge in [-0.15, -0.1) is 0 Å². The summed E-state index contributed by atoms with van der Waals surface area (Å²) in [7, 11) is 1.65. The number of carbonyl (C=O) groups is 2. The fourth-order valence-electron chi connectivity index (χ4n) is 2.31. The molecule has 0 spiro atoms. The molecule has 1 fully saturated rings. The number of benzene rings is 1. The lowest BCUT2D eigenvalue weighted by Crippen LogP contribution is -2.42. The average molecular weight is 283 g/mol. The zero-order chi connectivity index (χ0) is 14.0. The standard InChI is InChI=1S/C13H15ClN2O3/c1-15(8-12(17)18)11-6-7-16(13(11)19)10-5-3-2-4-9(10)14/h2-5,11H,6-8H2,1H3,(H,17,18). The number of rotatable bonds is 4. The number of anilines is 1. The Hall–Kier alpha value is -1.59. The van der Waals surface area contributed by atoms with Crippen LogP contribution in [-0.4, -0.2) is 48.1 Å².